The van der Waals surface area contributed by atoms with Gasteiger partial charge >= 0.3 is 5.97 Å². The van der Waals surface area contributed by atoms with Gasteiger partial charge < -0.3 is 14.2 Å². The number of rotatable bonds is 7. The van der Waals surface area contributed by atoms with Gasteiger partial charge in [0.15, 0.2) is 16.3 Å². The lowest BCUT2D eigenvalue weighted by Gasteiger charge is -2.25. The third-order valence-electron chi connectivity index (χ3n) is 5.67. The van der Waals surface area contributed by atoms with Crippen molar-refractivity contribution in [3.05, 3.63) is 89.0 Å². The standard InChI is InChI=1S/C27H27BrN2O5S/c1-6-19-22(26(32)34-5)23(17-10-8-7-9-11-17)30-25(31)21(36-27(30)29-19)14-16-12-18(28)24(35-15(2)3)20(13-16)33-4/h7-15,23H,6H2,1-5H3/b21-14+/t23-/m0/s1. The number of hydrogen-bond acceptors (Lipinski definition) is 7. The van der Waals surface area contributed by atoms with E-state index in [0.717, 1.165) is 15.6 Å². The number of nitrogens with zero attached hydrogens (tertiary/aromatic N) is 2. The highest BCUT2D eigenvalue weighted by atomic mass is 79.9. The van der Waals surface area contributed by atoms with Crippen molar-refractivity contribution in [3.8, 4) is 11.5 Å². The molecular formula is C27H27BrN2O5S. The molecule has 0 aliphatic carbocycles. The number of aromatic nitrogens is 1. The van der Waals surface area contributed by atoms with E-state index in [-0.39, 0.29) is 11.7 Å². The van der Waals surface area contributed by atoms with Crippen LogP contribution in [0.15, 0.2) is 68.0 Å². The molecule has 0 saturated carbocycles. The number of carbonyl (C=O) groups is 1. The summed E-state index contributed by atoms with van der Waals surface area (Å²) >= 11 is 4.85. The minimum absolute atomic E-state index is 0.0282. The highest BCUT2D eigenvalue weighted by molar-refractivity contribution is 9.10. The smallest absolute Gasteiger partial charge is 0.338 e. The van der Waals surface area contributed by atoms with E-state index in [9.17, 15) is 9.59 Å². The van der Waals surface area contributed by atoms with Gasteiger partial charge in [-0.25, -0.2) is 9.79 Å². The Labute approximate surface area is 221 Å². The predicted molar refractivity (Wildman–Crippen MR) is 143 cm³/mol. The summed E-state index contributed by atoms with van der Waals surface area (Å²) in [6.45, 7) is 5.82. The Hall–Kier alpha value is -3.17. The number of benzene rings is 2. The van der Waals surface area contributed by atoms with Gasteiger partial charge in [0.2, 0.25) is 0 Å². The Balaban J connectivity index is 1.93. The first-order valence-electron chi connectivity index (χ1n) is 11.5. The van der Waals surface area contributed by atoms with Crippen LogP contribution in [0, 0.1) is 0 Å². The molecule has 1 aliphatic rings. The summed E-state index contributed by atoms with van der Waals surface area (Å²) in [5, 5.41) is 0. The van der Waals surface area contributed by atoms with Gasteiger partial charge in [0.1, 0.15) is 0 Å². The summed E-state index contributed by atoms with van der Waals surface area (Å²) in [4.78, 5) is 31.8. The molecule has 2 heterocycles. The van der Waals surface area contributed by atoms with Gasteiger partial charge in [-0.2, -0.15) is 0 Å². The van der Waals surface area contributed by atoms with Gasteiger partial charge in [0.05, 0.1) is 46.6 Å². The van der Waals surface area contributed by atoms with Crippen LogP contribution in [0.5, 0.6) is 11.5 Å². The molecule has 2 aromatic carbocycles. The van der Waals surface area contributed by atoms with E-state index in [4.69, 9.17) is 19.2 Å². The van der Waals surface area contributed by atoms with Crippen molar-refractivity contribution in [1.82, 2.24) is 4.57 Å². The Kier molecular flexibility index (Phi) is 7.80. The van der Waals surface area contributed by atoms with Crippen LogP contribution in [-0.4, -0.2) is 30.9 Å². The van der Waals surface area contributed by atoms with E-state index in [2.05, 4.69) is 15.9 Å². The van der Waals surface area contributed by atoms with Crippen LogP contribution in [0.25, 0.3) is 6.08 Å². The highest BCUT2D eigenvalue weighted by Gasteiger charge is 2.33. The van der Waals surface area contributed by atoms with Gasteiger partial charge in [-0.1, -0.05) is 48.6 Å². The topological polar surface area (TPSA) is 79.1 Å². The van der Waals surface area contributed by atoms with Crippen molar-refractivity contribution in [2.45, 2.75) is 39.3 Å². The average molecular weight is 571 g/mol. The molecule has 0 spiro atoms. The molecule has 0 N–H and O–H groups in total. The summed E-state index contributed by atoms with van der Waals surface area (Å²) < 4.78 is 19.3. The number of allylic oxidation sites excluding steroid dienone is 1. The molecule has 1 aliphatic heterocycles. The number of fused-ring (bicyclic) bond motifs is 1. The lowest BCUT2D eigenvalue weighted by atomic mass is 9.95. The van der Waals surface area contributed by atoms with Gasteiger partial charge in [-0.3, -0.25) is 9.36 Å². The van der Waals surface area contributed by atoms with Crippen LogP contribution in [0.2, 0.25) is 0 Å². The van der Waals surface area contributed by atoms with Gasteiger partial charge in [0, 0.05) is 0 Å². The van der Waals surface area contributed by atoms with E-state index >= 15 is 0 Å². The number of hydrogen-bond donors (Lipinski definition) is 0. The molecule has 188 valence electrons. The summed E-state index contributed by atoms with van der Waals surface area (Å²) in [5.74, 6) is 0.666. The van der Waals surface area contributed by atoms with Crippen LogP contribution in [0.1, 0.15) is 44.4 Å². The summed E-state index contributed by atoms with van der Waals surface area (Å²) in [7, 11) is 2.92. The molecule has 0 radical (unpaired) electrons. The van der Waals surface area contributed by atoms with Crippen LogP contribution in [0.3, 0.4) is 0 Å². The molecule has 36 heavy (non-hydrogen) atoms. The largest absolute Gasteiger partial charge is 0.493 e. The van der Waals surface area contributed by atoms with E-state index in [0.29, 0.717) is 38.5 Å². The third-order valence-corrected chi connectivity index (χ3v) is 7.24. The van der Waals surface area contributed by atoms with Crippen LogP contribution in [0.4, 0.5) is 0 Å². The number of ether oxygens (including phenoxy) is 3. The van der Waals surface area contributed by atoms with Crippen molar-refractivity contribution in [2.24, 2.45) is 4.99 Å². The number of halogens is 1. The van der Waals surface area contributed by atoms with Gasteiger partial charge in [0.25, 0.3) is 5.56 Å². The minimum atomic E-state index is -0.630. The average Bonchev–Trinajstić information content (AvgIpc) is 3.18. The molecule has 1 atom stereocenters. The fourth-order valence-electron chi connectivity index (χ4n) is 4.14. The fraction of sp³-hybridized carbons (Fsp3) is 0.296. The molecule has 0 amide bonds. The number of carbonyl (C=O) groups excluding carboxylic acids is 1. The molecule has 0 bridgehead atoms. The summed E-state index contributed by atoms with van der Waals surface area (Å²) in [5.41, 5.74) is 2.33. The lowest BCUT2D eigenvalue weighted by Crippen LogP contribution is -2.40. The van der Waals surface area contributed by atoms with Crippen LogP contribution < -0.4 is 24.4 Å². The Morgan fingerprint density at radius 1 is 1.22 bits per heavy atom. The monoisotopic (exact) mass is 570 g/mol. The second kappa shape index (κ2) is 10.8. The van der Waals surface area contributed by atoms with E-state index in [1.165, 1.54) is 18.4 Å². The minimum Gasteiger partial charge on any atom is -0.493 e. The van der Waals surface area contributed by atoms with Gasteiger partial charge in [-0.15, -0.1) is 0 Å². The Morgan fingerprint density at radius 3 is 2.56 bits per heavy atom. The van der Waals surface area contributed by atoms with Crippen LogP contribution in [-0.2, 0) is 9.53 Å². The van der Waals surface area contributed by atoms with Crippen molar-refractivity contribution in [1.29, 1.82) is 0 Å². The van der Waals surface area contributed by atoms with Crippen molar-refractivity contribution < 1.29 is 19.0 Å². The molecule has 0 fully saturated rings. The maximum Gasteiger partial charge on any atom is 0.338 e. The second-order valence-electron chi connectivity index (χ2n) is 8.40. The van der Waals surface area contributed by atoms with E-state index in [1.54, 1.807) is 17.8 Å². The normalized spacial score (nSPS) is 15.5. The number of thiazole rings is 1. The zero-order valence-electron chi connectivity index (χ0n) is 20.7. The number of methoxy groups -OCH3 is 2. The van der Waals surface area contributed by atoms with Crippen molar-refractivity contribution in [2.75, 3.05) is 14.2 Å². The molecule has 4 rings (SSSR count). The van der Waals surface area contributed by atoms with Crippen LogP contribution >= 0.6 is 27.3 Å². The molecule has 0 unspecified atom stereocenters. The maximum atomic E-state index is 13.7. The summed E-state index contributed by atoms with van der Waals surface area (Å²) in [6, 6.07) is 12.5. The fourth-order valence-corrected chi connectivity index (χ4v) is 5.71. The lowest BCUT2D eigenvalue weighted by molar-refractivity contribution is -0.136. The quantitative estimate of drug-likeness (QED) is 0.394. The SMILES string of the molecule is CCC1=C(C(=O)OC)[C@H](c2ccccc2)n2c(s/c(=C/c3cc(Br)c(OC(C)C)c(OC)c3)c2=O)=N1. The van der Waals surface area contributed by atoms with Crippen molar-refractivity contribution in [3.63, 3.8) is 0 Å². The molecule has 9 heteroatoms. The predicted octanol–water partition coefficient (Wildman–Crippen LogP) is 4.36. The van der Waals surface area contributed by atoms with E-state index < -0.39 is 12.0 Å². The highest BCUT2D eigenvalue weighted by Crippen LogP contribution is 2.37. The zero-order valence-corrected chi connectivity index (χ0v) is 23.1. The maximum absolute atomic E-state index is 13.7. The molecule has 7 nitrogen and oxygen atoms in total. The molecule has 0 saturated heterocycles. The summed E-state index contributed by atoms with van der Waals surface area (Å²) in [6.07, 6.45) is 2.30. The third kappa shape index (κ3) is 4.90. The van der Waals surface area contributed by atoms with E-state index in [1.807, 2.05) is 63.2 Å². The van der Waals surface area contributed by atoms with Crippen molar-refractivity contribution >= 4 is 39.3 Å². The first-order chi connectivity index (χ1) is 17.3. The second-order valence-corrected chi connectivity index (χ2v) is 10.3. The first-order valence-corrected chi connectivity index (χ1v) is 13.1. The Morgan fingerprint density at radius 2 is 1.94 bits per heavy atom. The molecular weight excluding hydrogens is 544 g/mol. The molecule has 1 aromatic heterocycles. The number of esters is 1. The Bertz CT molecular complexity index is 1510. The first kappa shape index (κ1) is 25.9. The zero-order chi connectivity index (χ0) is 26.0. The molecule has 3 aromatic rings. The van der Waals surface area contributed by atoms with Gasteiger partial charge in [-0.05, 0) is 65.5 Å².